The molecule has 1 N–H and O–H groups in total. The number of allylic oxidation sites excluding steroid dienone is 4. The van der Waals surface area contributed by atoms with Crippen molar-refractivity contribution in [3.05, 3.63) is 72.4 Å². The molecule has 0 aliphatic heterocycles. The lowest BCUT2D eigenvalue weighted by molar-refractivity contribution is 0.143. The predicted molar refractivity (Wildman–Crippen MR) is 57.8 cm³/mol. The van der Waals surface area contributed by atoms with Gasteiger partial charge in [-0.25, -0.2) is 0 Å². The summed E-state index contributed by atoms with van der Waals surface area (Å²) in [4.78, 5) is 0. The molecule has 1 aromatic rings. The molecular formula is C13H12O. The quantitative estimate of drug-likeness (QED) is 0.711. The van der Waals surface area contributed by atoms with E-state index < -0.39 is 5.60 Å². The highest BCUT2D eigenvalue weighted by atomic mass is 16.3. The third-order valence-electron chi connectivity index (χ3n) is 2.27. The van der Waals surface area contributed by atoms with E-state index in [4.69, 9.17) is 0 Å². The van der Waals surface area contributed by atoms with Gasteiger partial charge in [0.2, 0.25) is 0 Å². The van der Waals surface area contributed by atoms with E-state index in [9.17, 15) is 5.11 Å². The second kappa shape index (κ2) is 3.64. The molecule has 1 aromatic carbocycles. The molecule has 1 nitrogen and oxygen atoms in total. The van der Waals surface area contributed by atoms with Gasteiger partial charge in [0.05, 0.1) is 0 Å². The lowest BCUT2D eigenvalue weighted by atomic mass is 9.93. The second-order valence-electron chi connectivity index (χ2n) is 3.29. The zero-order valence-electron chi connectivity index (χ0n) is 7.80. The molecule has 0 amide bonds. The maximum Gasteiger partial charge on any atom is 0.127 e. The van der Waals surface area contributed by atoms with E-state index in [2.05, 4.69) is 0 Å². The Hall–Kier alpha value is -1.60. The molecule has 0 saturated carbocycles. The summed E-state index contributed by atoms with van der Waals surface area (Å²) in [7, 11) is 0. The van der Waals surface area contributed by atoms with Gasteiger partial charge in [0.25, 0.3) is 0 Å². The summed E-state index contributed by atoms with van der Waals surface area (Å²) in [6.07, 6.45) is 11.1. The molecule has 0 atom stereocenters. The highest BCUT2D eigenvalue weighted by Crippen LogP contribution is 2.25. The fourth-order valence-corrected chi connectivity index (χ4v) is 1.49. The minimum Gasteiger partial charge on any atom is -0.377 e. The Labute approximate surface area is 83.7 Å². The molecule has 1 aliphatic carbocycles. The lowest BCUT2D eigenvalue weighted by Crippen LogP contribution is -2.19. The minimum atomic E-state index is -0.967. The molecule has 0 aromatic heterocycles. The first-order valence-corrected chi connectivity index (χ1v) is 4.63. The van der Waals surface area contributed by atoms with E-state index in [0.29, 0.717) is 0 Å². The van der Waals surface area contributed by atoms with Gasteiger partial charge in [-0.2, -0.15) is 0 Å². The Morgan fingerprint density at radius 3 is 1.93 bits per heavy atom. The van der Waals surface area contributed by atoms with Crippen molar-refractivity contribution in [2.75, 3.05) is 0 Å². The molecule has 1 aliphatic rings. The first kappa shape index (κ1) is 8.97. The van der Waals surface area contributed by atoms with Gasteiger partial charge < -0.3 is 5.11 Å². The molecule has 70 valence electrons. The summed E-state index contributed by atoms with van der Waals surface area (Å²) in [5.41, 5.74) is -0.0821. The fourth-order valence-electron chi connectivity index (χ4n) is 1.49. The SMILES string of the molecule is OC1(c2ccccc2)C=CC=CC=C1. The maximum atomic E-state index is 10.3. The van der Waals surface area contributed by atoms with E-state index in [1.54, 1.807) is 12.2 Å². The average Bonchev–Trinajstić information content (AvgIpc) is 2.46. The van der Waals surface area contributed by atoms with Crippen molar-refractivity contribution in [2.45, 2.75) is 5.60 Å². The minimum absolute atomic E-state index is 0.885. The zero-order valence-corrected chi connectivity index (χ0v) is 7.80. The van der Waals surface area contributed by atoms with E-state index >= 15 is 0 Å². The van der Waals surface area contributed by atoms with Gasteiger partial charge in [-0.15, -0.1) is 0 Å². The van der Waals surface area contributed by atoms with E-state index in [1.165, 1.54) is 0 Å². The van der Waals surface area contributed by atoms with Crippen LogP contribution in [0.4, 0.5) is 0 Å². The Morgan fingerprint density at radius 1 is 0.786 bits per heavy atom. The van der Waals surface area contributed by atoms with Crippen LogP contribution < -0.4 is 0 Å². The molecule has 2 rings (SSSR count). The molecular weight excluding hydrogens is 172 g/mol. The van der Waals surface area contributed by atoms with Gasteiger partial charge in [-0.3, -0.25) is 0 Å². The molecule has 0 radical (unpaired) electrons. The van der Waals surface area contributed by atoms with E-state index in [0.717, 1.165) is 5.56 Å². The van der Waals surface area contributed by atoms with Crippen LogP contribution in [-0.4, -0.2) is 5.11 Å². The third-order valence-corrected chi connectivity index (χ3v) is 2.27. The van der Waals surface area contributed by atoms with Crippen LogP contribution in [0.2, 0.25) is 0 Å². The van der Waals surface area contributed by atoms with Crippen LogP contribution >= 0.6 is 0 Å². The van der Waals surface area contributed by atoms with Crippen molar-refractivity contribution in [1.29, 1.82) is 0 Å². The first-order chi connectivity index (χ1) is 6.81. The van der Waals surface area contributed by atoms with Gasteiger partial charge >= 0.3 is 0 Å². The third kappa shape index (κ3) is 1.68. The normalized spacial score (nSPS) is 18.1. The number of hydrogen-bond donors (Lipinski definition) is 1. The van der Waals surface area contributed by atoms with Crippen LogP contribution in [0.15, 0.2) is 66.8 Å². The van der Waals surface area contributed by atoms with Crippen LogP contribution in [0.25, 0.3) is 0 Å². The smallest absolute Gasteiger partial charge is 0.127 e. The standard InChI is InChI=1S/C13H12O/c14-13(10-6-1-2-7-11-13)12-8-4-3-5-9-12/h1-11,14H. The molecule has 0 spiro atoms. The summed E-state index contributed by atoms with van der Waals surface area (Å²) in [6.45, 7) is 0. The van der Waals surface area contributed by atoms with Crippen molar-refractivity contribution in [3.8, 4) is 0 Å². The molecule has 0 saturated heterocycles. The average molecular weight is 184 g/mol. The van der Waals surface area contributed by atoms with Crippen LogP contribution in [0.1, 0.15) is 5.56 Å². The van der Waals surface area contributed by atoms with Crippen LogP contribution in [0, 0.1) is 0 Å². The van der Waals surface area contributed by atoms with Crippen molar-refractivity contribution in [1.82, 2.24) is 0 Å². The van der Waals surface area contributed by atoms with E-state index in [1.807, 2.05) is 54.6 Å². The molecule has 0 fully saturated rings. The topological polar surface area (TPSA) is 20.2 Å². The molecule has 0 bridgehead atoms. The summed E-state index contributed by atoms with van der Waals surface area (Å²) >= 11 is 0. The van der Waals surface area contributed by atoms with Crippen LogP contribution in [0.5, 0.6) is 0 Å². The molecule has 0 heterocycles. The van der Waals surface area contributed by atoms with E-state index in [-0.39, 0.29) is 0 Å². The van der Waals surface area contributed by atoms with Crippen molar-refractivity contribution < 1.29 is 5.11 Å². The summed E-state index contributed by atoms with van der Waals surface area (Å²) in [5, 5.41) is 10.3. The molecule has 1 heteroatoms. The summed E-state index contributed by atoms with van der Waals surface area (Å²) in [5.74, 6) is 0. The fraction of sp³-hybridized carbons (Fsp3) is 0.0769. The van der Waals surface area contributed by atoms with Crippen LogP contribution in [-0.2, 0) is 5.60 Å². The number of aliphatic hydroxyl groups is 1. The molecule has 14 heavy (non-hydrogen) atoms. The summed E-state index contributed by atoms with van der Waals surface area (Å²) in [6, 6.07) is 9.62. The highest BCUT2D eigenvalue weighted by molar-refractivity contribution is 5.36. The highest BCUT2D eigenvalue weighted by Gasteiger charge is 2.21. The van der Waals surface area contributed by atoms with Gasteiger partial charge in [0, 0.05) is 0 Å². The number of benzene rings is 1. The monoisotopic (exact) mass is 184 g/mol. The van der Waals surface area contributed by atoms with Crippen LogP contribution in [0.3, 0.4) is 0 Å². The predicted octanol–water partition coefficient (Wildman–Crippen LogP) is 2.56. The second-order valence-corrected chi connectivity index (χ2v) is 3.29. The largest absolute Gasteiger partial charge is 0.377 e. The van der Waals surface area contributed by atoms with Gasteiger partial charge in [-0.1, -0.05) is 54.6 Å². The lowest BCUT2D eigenvalue weighted by Gasteiger charge is -2.20. The first-order valence-electron chi connectivity index (χ1n) is 4.63. The maximum absolute atomic E-state index is 10.3. The van der Waals surface area contributed by atoms with Crippen molar-refractivity contribution >= 4 is 0 Å². The molecule has 0 unspecified atom stereocenters. The van der Waals surface area contributed by atoms with Gasteiger partial charge in [-0.05, 0) is 17.7 Å². The van der Waals surface area contributed by atoms with Gasteiger partial charge in [0.15, 0.2) is 0 Å². The van der Waals surface area contributed by atoms with Gasteiger partial charge in [0.1, 0.15) is 5.60 Å². The Balaban J connectivity index is 2.42. The summed E-state index contributed by atoms with van der Waals surface area (Å²) < 4.78 is 0. The Morgan fingerprint density at radius 2 is 1.36 bits per heavy atom. The van der Waals surface area contributed by atoms with Crippen molar-refractivity contribution in [3.63, 3.8) is 0 Å². The number of rotatable bonds is 1. The Bertz CT molecular complexity index is 369. The zero-order chi connectivity index (χ0) is 9.86. The number of hydrogen-bond acceptors (Lipinski definition) is 1. The van der Waals surface area contributed by atoms with Crippen molar-refractivity contribution in [2.24, 2.45) is 0 Å². The Kier molecular flexibility index (Phi) is 2.33.